The van der Waals surface area contributed by atoms with Gasteiger partial charge in [0, 0.05) is 25.2 Å². The molecule has 2 aliphatic heterocycles. The Hall–Kier alpha value is -2.79. The van der Waals surface area contributed by atoms with E-state index < -0.39 is 107 Å². The molecule has 0 radical (unpaired) electrons. The first-order chi connectivity index (χ1) is 22.4. The molecular formula is C34H44O14. The lowest BCUT2D eigenvalue weighted by Crippen LogP contribution is -2.82. The molecule has 48 heavy (non-hydrogen) atoms. The van der Waals surface area contributed by atoms with Crippen molar-refractivity contribution < 1.29 is 68.7 Å². The number of fused-ring (bicyclic) bond motifs is 5. The van der Waals surface area contributed by atoms with Crippen LogP contribution in [0.1, 0.15) is 57.8 Å². The smallest absolute Gasteiger partial charge is 0.338 e. The van der Waals surface area contributed by atoms with E-state index in [-0.39, 0.29) is 36.2 Å². The summed E-state index contributed by atoms with van der Waals surface area (Å²) in [5.74, 6) is -3.93. The minimum absolute atomic E-state index is 0.0361. The maximum Gasteiger partial charge on any atom is 0.338 e. The van der Waals surface area contributed by atoms with Gasteiger partial charge in [-0.25, -0.2) is 4.79 Å². The number of aliphatic hydroxyl groups is 6. The summed E-state index contributed by atoms with van der Waals surface area (Å²) in [7, 11) is 0. The topological polar surface area (TPSA) is 219 Å². The Labute approximate surface area is 277 Å². The van der Waals surface area contributed by atoms with Crippen LogP contribution in [0.3, 0.4) is 0 Å². The summed E-state index contributed by atoms with van der Waals surface area (Å²) in [5.41, 5.74) is -6.93. The molecular weight excluding hydrogens is 632 g/mol. The van der Waals surface area contributed by atoms with Gasteiger partial charge in [-0.3, -0.25) is 9.59 Å². The van der Waals surface area contributed by atoms with Crippen molar-refractivity contribution in [2.75, 3.05) is 13.2 Å². The Morgan fingerprint density at radius 1 is 0.979 bits per heavy atom. The minimum Gasteiger partial charge on any atom is -0.455 e. The number of ether oxygens (including phenoxy) is 5. The Balaban J connectivity index is 1.59. The predicted octanol–water partition coefficient (Wildman–Crippen LogP) is -0.455. The van der Waals surface area contributed by atoms with Gasteiger partial charge >= 0.3 is 11.9 Å². The fourth-order valence-electron chi connectivity index (χ4n) is 8.90. The lowest BCUT2D eigenvalue weighted by molar-refractivity contribution is -0.366. The molecule has 3 aliphatic carbocycles. The maximum absolute atomic E-state index is 15.0. The van der Waals surface area contributed by atoms with Gasteiger partial charge in [-0.05, 0) is 37.1 Å². The van der Waals surface area contributed by atoms with Crippen molar-refractivity contribution in [1.82, 2.24) is 0 Å². The van der Waals surface area contributed by atoms with Crippen LogP contribution in [0.25, 0.3) is 0 Å². The van der Waals surface area contributed by atoms with E-state index in [4.69, 9.17) is 23.7 Å². The molecule has 2 bridgehead atoms. The van der Waals surface area contributed by atoms with Gasteiger partial charge in [0.15, 0.2) is 17.7 Å². The van der Waals surface area contributed by atoms with Crippen LogP contribution in [0.2, 0.25) is 0 Å². The summed E-state index contributed by atoms with van der Waals surface area (Å²) >= 11 is 0. The average Bonchev–Trinajstić information content (AvgIpc) is 3.02. The second kappa shape index (κ2) is 11.9. The predicted molar refractivity (Wildman–Crippen MR) is 162 cm³/mol. The summed E-state index contributed by atoms with van der Waals surface area (Å²) in [4.78, 5) is 41.7. The first-order valence-electron chi connectivity index (χ1n) is 16.1. The number of benzene rings is 1. The largest absolute Gasteiger partial charge is 0.455 e. The van der Waals surface area contributed by atoms with Gasteiger partial charge < -0.3 is 54.3 Å². The third kappa shape index (κ3) is 4.91. The highest BCUT2D eigenvalue weighted by molar-refractivity contribution is 5.94. The third-order valence-corrected chi connectivity index (χ3v) is 11.7. The van der Waals surface area contributed by atoms with Gasteiger partial charge in [-0.2, -0.15) is 0 Å². The highest BCUT2D eigenvalue weighted by Crippen LogP contribution is 2.64. The van der Waals surface area contributed by atoms with E-state index in [0.29, 0.717) is 0 Å². The van der Waals surface area contributed by atoms with Gasteiger partial charge in [0.1, 0.15) is 42.2 Å². The molecule has 0 amide bonds. The molecule has 6 N–H and O–H groups in total. The maximum atomic E-state index is 15.0. The quantitative estimate of drug-likeness (QED) is 0.172. The Kier molecular flexibility index (Phi) is 8.71. The normalized spacial score (nSPS) is 45.1. The molecule has 2 saturated heterocycles. The number of esters is 2. The number of ketones is 1. The lowest BCUT2D eigenvalue weighted by atomic mass is 9.44. The lowest BCUT2D eigenvalue weighted by Gasteiger charge is -2.68. The van der Waals surface area contributed by atoms with Gasteiger partial charge in [-0.1, -0.05) is 32.0 Å². The standard InChI is InChI=1S/C34H44O14/c1-15-18(36)12-34(43)28(47-29(42)17-9-7-6-8-10-17)26-32(5,27(41)24(39)22(15)31(34,3)4)20(11-21-33(26,14-45-21)48-16(2)35)46-30-25(40)23(38)19(37)13-44-30/h6-10,18-21,23-26,28,30,36-40,43H,11-14H2,1-5H3/t18-,19+,20-,21+,23-,24+,25+,26-,28+,30-,32+,33-,34+/m0/s1. The first kappa shape index (κ1) is 35.1. The SMILES string of the molecule is CC(=O)O[C@@]12CO[C@@H]1C[C@H](O[C@@H]1OC[C@@H](O)[C@H](O)[C@H]1O)[C@@]1(C)C(=O)[C@H](O)C3=C(C)[C@@H](O)C[C@@](O)([C@H](OC(=O)c4ccccc4)[C@H]21)C3(C)C. The molecule has 13 atom stereocenters. The number of carbonyl (C=O) groups excluding carboxylic acids is 3. The summed E-state index contributed by atoms with van der Waals surface area (Å²) in [5, 5.41) is 67.5. The van der Waals surface area contributed by atoms with Crippen LogP contribution in [0.15, 0.2) is 41.5 Å². The van der Waals surface area contributed by atoms with Crippen molar-refractivity contribution in [3.63, 3.8) is 0 Å². The second-order valence-electron chi connectivity index (χ2n) is 14.5. The van der Waals surface area contributed by atoms with Crippen molar-refractivity contribution >= 4 is 17.7 Å². The monoisotopic (exact) mass is 676 g/mol. The molecule has 0 aromatic heterocycles. The number of hydrogen-bond acceptors (Lipinski definition) is 14. The molecule has 4 fully saturated rings. The highest BCUT2D eigenvalue weighted by atomic mass is 16.7. The summed E-state index contributed by atoms with van der Waals surface area (Å²) in [6.07, 6.45) is -14.2. The zero-order valence-corrected chi connectivity index (χ0v) is 27.4. The van der Waals surface area contributed by atoms with Gasteiger partial charge in [0.2, 0.25) is 0 Å². The van der Waals surface area contributed by atoms with Crippen LogP contribution in [0, 0.1) is 16.7 Å². The van der Waals surface area contributed by atoms with Crippen molar-refractivity contribution in [2.24, 2.45) is 16.7 Å². The van der Waals surface area contributed by atoms with Crippen LogP contribution >= 0.6 is 0 Å². The van der Waals surface area contributed by atoms with Crippen LogP contribution in [-0.4, -0.2) is 128 Å². The van der Waals surface area contributed by atoms with Crippen LogP contribution in [0.5, 0.6) is 0 Å². The van der Waals surface area contributed by atoms with Gasteiger partial charge in [-0.15, -0.1) is 0 Å². The Morgan fingerprint density at radius 2 is 1.65 bits per heavy atom. The molecule has 2 saturated carbocycles. The van der Waals surface area contributed by atoms with Gasteiger partial charge in [0.05, 0.1) is 42.3 Å². The van der Waals surface area contributed by atoms with E-state index in [1.165, 1.54) is 26.0 Å². The summed E-state index contributed by atoms with van der Waals surface area (Å²) < 4.78 is 30.0. The number of rotatable bonds is 5. The highest BCUT2D eigenvalue weighted by Gasteiger charge is 2.78. The first-order valence-corrected chi connectivity index (χ1v) is 16.1. The molecule has 5 aliphatic rings. The fourth-order valence-corrected chi connectivity index (χ4v) is 8.90. The molecule has 14 heteroatoms. The van der Waals surface area contributed by atoms with Crippen LogP contribution < -0.4 is 0 Å². The molecule has 14 nitrogen and oxygen atoms in total. The molecule has 1 aromatic carbocycles. The van der Waals surface area contributed by atoms with E-state index in [0.717, 1.165) is 0 Å². The number of Topliss-reactive ketones (excluding diaryl/α,β-unsaturated/α-hetero) is 1. The minimum atomic E-state index is -2.18. The Bertz CT molecular complexity index is 1490. The second-order valence-corrected chi connectivity index (χ2v) is 14.5. The van der Waals surface area contributed by atoms with Crippen molar-refractivity contribution in [1.29, 1.82) is 0 Å². The van der Waals surface area contributed by atoms with Gasteiger partial charge in [0.25, 0.3) is 0 Å². The number of aliphatic hydroxyl groups excluding tert-OH is 5. The summed E-state index contributed by atoms with van der Waals surface area (Å²) in [6.45, 7) is 6.67. The average molecular weight is 677 g/mol. The van der Waals surface area contributed by atoms with Crippen molar-refractivity contribution in [2.45, 2.75) is 114 Å². The molecule has 2 heterocycles. The van der Waals surface area contributed by atoms with Crippen molar-refractivity contribution in [3.8, 4) is 0 Å². The zero-order chi connectivity index (χ0) is 35.1. The number of carbonyl (C=O) groups is 3. The van der Waals surface area contributed by atoms with Crippen molar-refractivity contribution in [3.05, 3.63) is 47.0 Å². The Morgan fingerprint density at radius 3 is 2.25 bits per heavy atom. The molecule has 6 rings (SSSR count). The van der Waals surface area contributed by atoms with Crippen LogP contribution in [0.4, 0.5) is 0 Å². The third-order valence-electron chi connectivity index (χ3n) is 11.7. The van der Waals surface area contributed by atoms with E-state index >= 15 is 4.79 Å². The molecule has 264 valence electrons. The van der Waals surface area contributed by atoms with E-state index in [1.54, 1.807) is 39.0 Å². The van der Waals surface area contributed by atoms with E-state index in [9.17, 15) is 40.2 Å². The fraction of sp³-hybridized carbons (Fsp3) is 0.676. The summed E-state index contributed by atoms with van der Waals surface area (Å²) in [6, 6.07) is 7.95. The van der Waals surface area contributed by atoms with E-state index in [1.807, 2.05) is 0 Å². The zero-order valence-electron chi connectivity index (χ0n) is 27.4. The van der Waals surface area contributed by atoms with E-state index in [2.05, 4.69) is 0 Å². The number of hydrogen-bond donors (Lipinski definition) is 6. The van der Waals surface area contributed by atoms with Crippen LogP contribution in [-0.2, 0) is 33.3 Å². The molecule has 1 aromatic rings. The molecule has 0 unspecified atom stereocenters. The molecule has 0 spiro atoms.